The topological polar surface area (TPSA) is 52.6 Å². The average Bonchev–Trinajstić information content (AvgIpc) is 4.00. The second-order valence-electron chi connectivity index (χ2n) is 13.8. The fourth-order valence-corrected chi connectivity index (χ4v) is 8.62. The molecule has 5 aromatic rings. The molecule has 4 unspecified atom stereocenters. The minimum absolute atomic E-state index is 0.283. The van der Waals surface area contributed by atoms with Crippen molar-refractivity contribution in [3.8, 4) is 0 Å². The Hall–Kier alpha value is -2.68. The normalized spacial score (nSPS) is 24.1. The molecule has 0 saturated carbocycles. The van der Waals surface area contributed by atoms with Gasteiger partial charge >= 0.3 is 75.9 Å². The third-order valence-electron chi connectivity index (χ3n) is 11.1. The monoisotopic (exact) mass is 1220 g/mol. The molecule has 54 heavy (non-hydrogen) atoms. The van der Waals surface area contributed by atoms with Gasteiger partial charge in [0, 0.05) is 46.5 Å². The number of fused-ring (bicyclic) bond motifs is 8. The Morgan fingerprint density at radius 1 is 0.481 bits per heavy atom. The Labute approximate surface area is 354 Å². The van der Waals surface area contributed by atoms with E-state index in [9.17, 15) is 9.59 Å². The molecule has 12 heteroatoms. The van der Waals surface area contributed by atoms with Gasteiger partial charge in [-0.15, -0.1) is 0 Å². The Morgan fingerprint density at radius 2 is 0.778 bits per heavy atom. The quantitative estimate of drug-likeness (QED) is 0.0411. The number of quaternary nitrogens is 4. The standard InChI is InChI=1S/C42H40N4O4.2Au.2BrH/c1-3-49-41(47)33-21-17-31(18-22-33)25-43-29-45(43,39-15-9-7-13-37(39)43)27-35-11-5-6-12-36(35)28-46-30-44(46,38-14-8-10-16-40(38)46)26-32-19-23-34(24-20-32)42(48)50-4-2;;;;/h5-24,29-30H,3-4,25-28H2,1-2H3;;;2*1H/q+2;2*+1;;/p-2. The third kappa shape index (κ3) is 6.38. The summed E-state index contributed by atoms with van der Waals surface area (Å²) in [7, 11) is 0. The molecule has 0 amide bonds. The first-order chi connectivity index (χ1) is 26.4. The van der Waals surface area contributed by atoms with E-state index in [-0.39, 0.29) is 11.9 Å². The van der Waals surface area contributed by atoms with E-state index in [0.29, 0.717) is 24.3 Å². The summed E-state index contributed by atoms with van der Waals surface area (Å²) in [5.74, 6) is -0.565. The molecule has 9 rings (SSSR count). The number of ether oxygens (including phenoxy) is 2. The second kappa shape index (κ2) is 16.1. The first-order valence-electron chi connectivity index (χ1n) is 17.7. The number of halogens is 2. The van der Waals surface area contributed by atoms with Crippen molar-refractivity contribution >= 4 is 60.7 Å². The van der Waals surface area contributed by atoms with Crippen molar-refractivity contribution in [3.05, 3.63) is 168 Å². The van der Waals surface area contributed by atoms with Gasteiger partial charge in [-0.1, -0.05) is 72.8 Å². The summed E-state index contributed by atoms with van der Waals surface area (Å²) < 4.78 is 13.5. The number of hydrogen-bond donors (Lipinski definition) is 0. The van der Waals surface area contributed by atoms with Crippen LogP contribution in [0.25, 0.3) is 0 Å². The van der Waals surface area contributed by atoms with Crippen molar-refractivity contribution in [1.29, 1.82) is 0 Å². The fourth-order valence-electron chi connectivity index (χ4n) is 8.62. The molecule has 4 aliphatic heterocycles. The van der Waals surface area contributed by atoms with Crippen LogP contribution in [0.4, 0.5) is 22.7 Å². The Kier molecular flexibility index (Phi) is 11.8. The van der Waals surface area contributed by atoms with Gasteiger partial charge in [0.25, 0.3) is 0 Å². The van der Waals surface area contributed by atoms with Crippen LogP contribution in [0, 0.1) is 13.3 Å². The Morgan fingerprint density at radius 3 is 1.09 bits per heavy atom. The number of carbonyl (C=O) groups excluding carboxylic acids is 2. The van der Waals surface area contributed by atoms with Gasteiger partial charge in [-0.3, -0.25) is 0 Å². The van der Waals surface area contributed by atoms with Crippen LogP contribution in [-0.4, -0.2) is 25.2 Å². The van der Waals surface area contributed by atoms with E-state index in [1.165, 1.54) is 45.0 Å². The molecule has 0 aliphatic carbocycles. The summed E-state index contributed by atoms with van der Waals surface area (Å²) in [6.45, 7) is 12.7. The summed E-state index contributed by atoms with van der Waals surface area (Å²) in [4.78, 5) is 24.5. The molecular formula is C42H40Au2Br2N4O4+2. The van der Waals surface area contributed by atoms with E-state index in [1.54, 1.807) is 0 Å². The van der Waals surface area contributed by atoms with E-state index in [2.05, 4.69) is 174 Å². The first-order valence-corrected chi connectivity index (χ1v) is 27.1. The second-order valence-corrected chi connectivity index (χ2v) is 13.8. The number of hydrogen-bond acceptors (Lipinski definition) is 4. The number of esters is 2. The average molecular weight is 1220 g/mol. The zero-order chi connectivity index (χ0) is 38.1. The van der Waals surface area contributed by atoms with E-state index in [0.717, 1.165) is 44.5 Å². The maximum absolute atomic E-state index is 12.3. The Balaban J connectivity index is 0.00000109. The van der Waals surface area contributed by atoms with Gasteiger partial charge in [-0.05, 0) is 38.1 Å². The molecule has 0 bridgehead atoms. The molecule has 4 aliphatic rings. The van der Waals surface area contributed by atoms with Crippen LogP contribution in [0.1, 0.15) is 56.8 Å². The number of carbonyl (C=O) groups is 2. The zero-order valence-electron chi connectivity index (χ0n) is 29.7. The number of nitrogens with zero attached hydrogens (tertiary/aromatic N) is 4. The summed E-state index contributed by atoms with van der Waals surface area (Å²) in [5.41, 5.74) is 11.6. The van der Waals surface area contributed by atoms with Gasteiger partial charge < -0.3 is 9.47 Å². The van der Waals surface area contributed by atoms with Crippen LogP contribution in [0.5, 0.6) is 0 Å². The molecule has 0 N–H and O–H groups in total. The molecular weight excluding hydrogens is 1180 g/mol. The molecule has 286 valence electrons. The van der Waals surface area contributed by atoms with Crippen LogP contribution in [-0.2, 0) is 73.5 Å². The van der Waals surface area contributed by atoms with Crippen molar-refractivity contribution < 1.29 is 56.9 Å². The molecule has 0 aromatic heterocycles. The molecule has 2 saturated heterocycles. The summed E-state index contributed by atoms with van der Waals surface area (Å²) in [5, 5.41) is 0. The van der Waals surface area contributed by atoms with Crippen molar-refractivity contribution in [2.75, 3.05) is 13.2 Å². The van der Waals surface area contributed by atoms with E-state index in [4.69, 9.17) is 9.47 Å². The fraction of sp³-hybridized carbons (Fsp3) is 0.190. The van der Waals surface area contributed by atoms with Gasteiger partial charge in [-0.25, -0.2) is 28.0 Å². The van der Waals surface area contributed by atoms with Crippen LogP contribution in [0.15, 0.2) is 121 Å². The summed E-state index contributed by atoms with van der Waals surface area (Å²) in [6.07, 6.45) is 0. The number of para-hydroxylation sites is 4. The maximum atomic E-state index is 12.3. The predicted octanol–water partition coefficient (Wildman–Crippen LogP) is 9.88. The Bertz CT molecular complexity index is 2040. The van der Waals surface area contributed by atoms with Gasteiger partial charge in [0.1, 0.15) is 26.2 Å². The minimum atomic E-state index is -0.283. The van der Waals surface area contributed by atoms with Crippen molar-refractivity contribution in [1.82, 2.24) is 18.4 Å². The van der Waals surface area contributed by atoms with Crippen molar-refractivity contribution in [3.63, 3.8) is 0 Å². The first kappa shape index (κ1) is 39.6. The van der Waals surface area contributed by atoms with Crippen LogP contribution >= 0.6 is 26.0 Å². The molecule has 2 fully saturated rings. The van der Waals surface area contributed by atoms with Crippen LogP contribution in [0.3, 0.4) is 0 Å². The molecule has 0 radical (unpaired) electrons. The van der Waals surface area contributed by atoms with Gasteiger partial charge in [0.2, 0.25) is 22.7 Å². The van der Waals surface area contributed by atoms with E-state index >= 15 is 0 Å². The molecule has 5 aromatic carbocycles. The SMILES string of the molecule is CCOC(=O)c1ccc(C[N+]23[CH-][N+]2(Cc2ccccc2C[N+]24[CH-][N+]2(Cc2ccc(C(=O)OCC)cc2)c2ccccc24)c2ccccc23)cc1.[Br][Au].[Br][Au]. The van der Waals surface area contributed by atoms with Crippen molar-refractivity contribution in [2.45, 2.75) is 40.0 Å². The third-order valence-corrected chi connectivity index (χ3v) is 11.1. The van der Waals surface area contributed by atoms with Crippen molar-refractivity contribution in [2.24, 2.45) is 0 Å². The van der Waals surface area contributed by atoms with Crippen LogP contribution < -0.4 is 18.4 Å². The predicted molar refractivity (Wildman–Crippen MR) is 213 cm³/mol. The zero-order valence-corrected chi connectivity index (χ0v) is 37.2. The van der Waals surface area contributed by atoms with E-state index < -0.39 is 0 Å². The molecule has 4 heterocycles. The molecule has 4 atom stereocenters. The number of rotatable bonds is 12. The molecule has 8 nitrogen and oxygen atoms in total. The van der Waals surface area contributed by atoms with E-state index in [1.807, 2.05) is 38.1 Å². The van der Waals surface area contributed by atoms with Gasteiger partial charge in [-0.2, -0.15) is 0 Å². The van der Waals surface area contributed by atoms with Gasteiger partial charge in [0.05, 0.1) is 24.3 Å². The summed E-state index contributed by atoms with van der Waals surface area (Å²) >= 11 is 9.94. The van der Waals surface area contributed by atoms with Crippen LogP contribution in [0.2, 0.25) is 0 Å². The number of benzene rings is 5. The molecule has 0 spiro atoms. The van der Waals surface area contributed by atoms with Gasteiger partial charge in [0.15, 0.2) is 13.3 Å². The summed E-state index contributed by atoms with van der Waals surface area (Å²) in [6, 6.07) is 42.3.